The van der Waals surface area contributed by atoms with Gasteiger partial charge in [0.15, 0.2) is 5.82 Å². The number of nitrogens with zero attached hydrogens (tertiary/aromatic N) is 5. The third kappa shape index (κ3) is 4.01. The topological polar surface area (TPSA) is 88.5 Å². The summed E-state index contributed by atoms with van der Waals surface area (Å²) in [5.41, 5.74) is 1.29. The first-order valence-electron chi connectivity index (χ1n) is 9.60. The number of carbonyl (C=O) groups excluding carboxylic acids is 2. The summed E-state index contributed by atoms with van der Waals surface area (Å²) in [6.07, 6.45) is 8.10. The zero-order valence-electron chi connectivity index (χ0n) is 15.7. The average Bonchev–Trinajstić information content (AvgIpc) is 2.79. The van der Waals surface area contributed by atoms with Crippen molar-refractivity contribution >= 4 is 11.8 Å². The van der Waals surface area contributed by atoms with E-state index in [9.17, 15) is 9.59 Å². The molecule has 1 unspecified atom stereocenters. The standard InChI is InChI=1S/C20H23N5O3/c26-19(24-8-10-28-11-9-24)16-2-1-7-25(14-16)20(27)17-12-22-18(23-13-17)15-3-5-21-6-4-15/h3-6,12-13,16H,1-2,7-11,14H2. The van der Waals surface area contributed by atoms with Gasteiger partial charge in [-0.05, 0) is 25.0 Å². The molecule has 0 radical (unpaired) electrons. The Balaban J connectivity index is 1.42. The second-order valence-electron chi connectivity index (χ2n) is 7.06. The van der Waals surface area contributed by atoms with Gasteiger partial charge in [-0.3, -0.25) is 14.6 Å². The maximum Gasteiger partial charge on any atom is 0.257 e. The predicted octanol–water partition coefficient (Wildman–Crippen LogP) is 1.25. The highest BCUT2D eigenvalue weighted by Crippen LogP contribution is 2.21. The summed E-state index contributed by atoms with van der Waals surface area (Å²) in [5, 5.41) is 0. The van der Waals surface area contributed by atoms with Gasteiger partial charge in [-0.2, -0.15) is 0 Å². The first kappa shape index (κ1) is 18.5. The molecule has 0 aliphatic carbocycles. The maximum atomic E-state index is 12.9. The lowest BCUT2D eigenvalue weighted by molar-refractivity contribution is -0.141. The van der Waals surface area contributed by atoms with Crippen LogP contribution in [-0.4, -0.2) is 76.0 Å². The van der Waals surface area contributed by atoms with Crippen molar-refractivity contribution in [3.8, 4) is 11.4 Å². The van der Waals surface area contributed by atoms with Crippen LogP contribution in [0, 0.1) is 5.92 Å². The summed E-state index contributed by atoms with van der Waals surface area (Å²) >= 11 is 0. The van der Waals surface area contributed by atoms with Gasteiger partial charge in [-0.1, -0.05) is 0 Å². The molecule has 2 aromatic heterocycles. The van der Waals surface area contributed by atoms with Gasteiger partial charge in [-0.25, -0.2) is 9.97 Å². The van der Waals surface area contributed by atoms with Gasteiger partial charge in [0, 0.05) is 56.5 Å². The Labute approximate surface area is 163 Å². The highest BCUT2D eigenvalue weighted by Gasteiger charge is 2.32. The molecular weight excluding hydrogens is 358 g/mol. The Morgan fingerprint density at radius 3 is 2.43 bits per heavy atom. The Bertz CT molecular complexity index is 821. The van der Waals surface area contributed by atoms with Crippen LogP contribution < -0.4 is 0 Å². The van der Waals surface area contributed by atoms with Crippen LogP contribution in [-0.2, 0) is 9.53 Å². The molecule has 2 aliphatic heterocycles. The van der Waals surface area contributed by atoms with Crippen molar-refractivity contribution in [3.63, 3.8) is 0 Å². The minimum absolute atomic E-state index is 0.124. The first-order valence-corrected chi connectivity index (χ1v) is 9.60. The molecule has 8 heteroatoms. The van der Waals surface area contributed by atoms with E-state index in [2.05, 4.69) is 15.0 Å². The third-order valence-corrected chi connectivity index (χ3v) is 5.22. The van der Waals surface area contributed by atoms with Crippen molar-refractivity contribution in [2.75, 3.05) is 39.4 Å². The number of carbonyl (C=O) groups is 2. The van der Waals surface area contributed by atoms with Gasteiger partial charge in [0.1, 0.15) is 0 Å². The molecule has 0 spiro atoms. The molecule has 0 N–H and O–H groups in total. The van der Waals surface area contributed by atoms with Gasteiger partial charge in [0.2, 0.25) is 5.91 Å². The van der Waals surface area contributed by atoms with E-state index in [-0.39, 0.29) is 17.7 Å². The first-order chi connectivity index (χ1) is 13.7. The van der Waals surface area contributed by atoms with Crippen molar-refractivity contribution < 1.29 is 14.3 Å². The molecule has 8 nitrogen and oxygen atoms in total. The Morgan fingerprint density at radius 2 is 1.71 bits per heavy atom. The van der Waals surface area contributed by atoms with Gasteiger partial charge < -0.3 is 14.5 Å². The molecule has 2 aromatic rings. The number of rotatable bonds is 3. The average molecular weight is 381 g/mol. The lowest BCUT2D eigenvalue weighted by Crippen LogP contribution is -2.49. The monoisotopic (exact) mass is 381 g/mol. The molecule has 0 bridgehead atoms. The van der Waals surface area contributed by atoms with Crippen LogP contribution in [0.5, 0.6) is 0 Å². The zero-order valence-corrected chi connectivity index (χ0v) is 15.7. The summed E-state index contributed by atoms with van der Waals surface area (Å²) in [5.74, 6) is 0.414. The number of piperidine rings is 1. The quantitative estimate of drug-likeness (QED) is 0.795. The molecule has 2 amide bonds. The van der Waals surface area contributed by atoms with Gasteiger partial charge in [0.05, 0.1) is 24.7 Å². The van der Waals surface area contributed by atoms with Crippen molar-refractivity contribution in [1.82, 2.24) is 24.8 Å². The van der Waals surface area contributed by atoms with Gasteiger partial charge >= 0.3 is 0 Å². The molecule has 0 saturated carbocycles. The Hall–Kier alpha value is -2.87. The molecule has 28 heavy (non-hydrogen) atoms. The molecule has 0 aromatic carbocycles. The smallest absolute Gasteiger partial charge is 0.257 e. The Morgan fingerprint density at radius 1 is 1.00 bits per heavy atom. The highest BCUT2D eigenvalue weighted by atomic mass is 16.5. The minimum Gasteiger partial charge on any atom is -0.378 e. The molecule has 1 atom stereocenters. The van der Waals surface area contributed by atoms with E-state index in [0.717, 1.165) is 18.4 Å². The van der Waals surface area contributed by atoms with E-state index in [4.69, 9.17) is 4.74 Å². The largest absolute Gasteiger partial charge is 0.378 e. The van der Waals surface area contributed by atoms with Crippen molar-refractivity contribution in [1.29, 1.82) is 0 Å². The van der Waals surface area contributed by atoms with Gasteiger partial charge in [-0.15, -0.1) is 0 Å². The second-order valence-corrected chi connectivity index (χ2v) is 7.06. The highest BCUT2D eigenvalue weighted by molar-refractivity contribution is 5.94. The lowest BCUT2D eigenvalue weighted by atomic mass is 9.96. The normalized spacial score (nSPS) is 20.1. The van der Waals surface area contributed by atoms with E-state index in [1.54, 1.807) is 29.7 Å². The van der Waals surface area contributed by atoms with Gasteiger partial charge in [0.25, 0.3) is 5.91 Å². The maximum absolute atomic E-state index is 12.9. The number of likely N-dealkylation sites (tertiary alicyclic amines) is 1. The van der Waals surface area contributed by atoms with Crippen LogP contribution >= 0.6 is 0 Å². The number of aromatic nitrogens is 3. The van der Waals surface area contributed by atoms with E-state index in [0.29, 0.717) is 50.8 Å². The molecule has 2 aliphatic rings. The summed E-state index contributed by atoms with van der Waals surface area (Å²) in [6.45, 7) is 3.53. The molecule has 2 fully saturated rings. The SMILES string of the molecule is O=C(c1cnc(-c2ccncc2)nc1)N1CCCC(C(=O)N2CCOCC2)C1. The summed E-state index contributed by atoms with van der Waals surface area (Å²) in [7, 11) is 0. The van der Waals surface area contributed by atoms with E-state index in [1.165, 1.54) is 0 Å². The van der Waals surface area contributed by atoms with Crippen LogP contribution in [0.15, 0.2) is 36.9 Å². The molecule has 4 heterocycles. The number of morpholine rings is 1. The van der Waals surface area contributed by atoms with E-state index < -0.39 is 0 Å². The van der Waals surface area contributed by atoms with Crippen molar-refractivity contribution in [3.05, 3.63) is 42.5 Å². The molecule has 4 rings (SSSR count). The molecular formula is C20H23N5O3. The Kier molecular flexibility index (Phi) is 5.57. The second kappa shape index (κ2) is 8.43. The number of hydrogen-bond acceptors (Lipinski definition) is 6. The predicted molar refractivity (Wildman–Crippen MR) is 101 cm³/mol. The van der Waals surface area contributed by atoms with Crippen molar-refractivity contribution in [2.45, 2.75) is 12.8 Å². The van der Waals surface area contributed by atoms with Crippen LogP contribution in [0.2, 0.25) is 0 Å². The number of hydrogen-bond donors (Lipinski definition) is 0. The summed E-state index contributed by atoms with van der Waals surface area (Å²) < 4.78 is 5.32. The third-order valence-electron chi connectivity index (χ3n) is 5.22. The lowest BCUT2D eigenvalue weighted by Gasteiger charge is -2.36. The summed E-state index contributed by atoms with van der Waals surface area (Å²) in [6, 6.07) is 3.65. The van der Waals surface area contributed by atoms with Crippen LogP contribution in [0.3, 0.4) is 0 Å². The number of pyridine rings is 1. The zero-order chi connectivity index (χ0) is 19.3. The van der Waals surface area contributed by atoms with E-state index >= 15 is 0 Å². The van der Waals surface area contributed by atoms with E-state index in [1.807, 2.05) is 17.0 Å². The fraction of sp³-hybridized carbons (Fsp3) is 0.450. The molecule has 146 valence electrons. The van der Waals surface area contributed by atoms with Crippen LogP contribution in [0.25, 0.3) is 11.4 Å². The fourth-order valence-electron chi connectivity index (χ4n) is 3.68. The van der Waals surface area contributed by atoms with Crippen LogP contribution in [0.4, 0.5) is 0 Å². The minimum atomic E-state index is -0.146. The summed E-state index contributed by atoms with van der Waals surface area (Å²) in [4.78, 5) is 41.9. The number of ether oxygens (including phenoxy) is 1. The number of amides is 2. The van der Waals surface area contributed by atoms with Crippen LogP contribution in [0.1, 0.15) is 23.2 Å². The molecule has 2 saturated heterocycles. The fourth-order valence-corrected chi connectivity index (χ4v) is 3.68. The van der Waals surface area contributed by atoms with Crippen molar-refractivity contribution in [2.24, 2.45) is 5.92 Å².